The number of rotatable bonds is 5. The van der Waals surface area contributed by atoms with Crippen molar-refractivity contribution in [2.45, 2.75) is 13.8 Å². The SMILES string of the molecule is COC(=O)C(=Nc1ccccc1)C(C(=O)OC)=P1(OC)OCC(C)(C)CO1. The molecule has 27 heavy (non-hydrogen) atoms. The van der Waals surface area contributed by atoms with Crippen molar-refractivity contribution in [2.75, 3.05) is 34.5 Å². The van der Waals surface area contributed by atoms with Gasteiger partial charge in [-0.1, -0.05) is 32.0 Å². The lowest BCUT2D eigenvalue weighted by atomic mass is 9.97. The van der Waals surface area contributed by atoms with E-state index in [4.69, 9.17) is 23.0 Å². The molecule has 148 valence electrons. The van der Waals surface area contributed by atoms with Crippen LogP contribution in [-0.4, -0.2) is 57.5 Å². The number of carbonyl (C=O) groups excluding carboxylic acids is 2. The summed E-state index contributed by atoms with van der Waals surface area (Å²) in [4.78, 5) is 29.4. The van der Waals surface area contributed by atoms with Gasteiger partial charge in [0.1, 0.15) is 0 Å². The standard InChI is InChI=1S/C18H24NO7P/c1-18(2)11-25-27(24-5,26-12-18)15(17(21)23-4)14(16(20)22-3)19-13-9-7-6-8-10-13/h6-10H,11-12H2,1-5H3. The summed E-state index contributed by atoms with van der Waals surface area (Å²) in [5.41, 5.74) is -0.0954. The fraction of sp³-hybridized carbons (Fsp3) is 0.444. The first-order valence-corrected chi connectivity index (χ1v) is 9.75. The van der Waals surface area contributed by atoms with E-state index in [0.29, 0.717) is 5.69 Å². The first-order chi connectivity index (χ1) is 12.8. The predicted molar refractivity (Wildman–Crippen MR) is 102 cm³/mol. The summed E-state index contributed by atoms with van der Waals surface area (Å²) in [6, 6.07) is 8.68. The van der Waals surface area contributed by atoms with Gasteiger partial charge in [0, 0.05) is 12.5 Å². The van der Waals surface area contributed by atoms with Crippen LogP contribution in [0.5, 0.6) is 0 Å². The second kappa shape index (κ2) is 8.80. The number of methoxy groups -OCH3 is 2. The van der Waals surface area contributed by atoms with Crippen LogP contribution in [0.1, 0.15) is 13.8 Å². The molecule has 1 aromatic rings. The maximum Gasteiger partial charge on any atom is 0.357 e. The molecule has 1 aliphatic rings. The molecular weight excluding hydrogens is 373 g/mol. The van der Waals surface area contributed by atoms with E-state index in [1.165, 1.54) is 21.3 Å². The smallest absolute Gasteiger partial charge is 0.357 e. The van der Waals surface area contributed by atoms with Crippen LogP contribution in [0.4, 0.5) is 5.69 Å². The zero-order valence-electron chi connectivity index (χ0n) is 16.1. The van der Waals surface area contributed by atoms with Crippen LogP contribution in [0.3, 0.4) is 0 Å². The van der Waals surface area contributed by atoms with Crippen LogP contribution in [0, 0.1) is 5.41 Å². The van der Waals surface area contributed by atoms with Crippen molar-refractivity contribution in [3.05, 3.63) is 30.3 Å². The van der Waals surface area contributed by atoms with E-state index in [2.05, 4.69) is 4.99 Å². The molecule has 0 saturated carbocycles. The minimum Gasteiger partial charge on any atom is -0.465 e. The van der Waals surface area contributed by atoms with Crippen LogP contribution >= 0.6 is 7.57 Å². The van der Waals surface area contributed by atoms with Crippen molar-refractivity contribution in [3.63, 3.8) is 0 Å². The van der Waals surface area contributed by atoms with Crippen molar-refractivity contribution in [1.82, 2.24) is 0 Å². The third-order valence-corrected chi connectivity index (χ3v) is 6.10. The van der Waals surface area contributed by atoms with Crippen LogP contribution in [0.2, 0.25) is 0 Å². The lowest BCUT2D eigenvalue weighted by Crippen LogP contribution is -2.38. The second-order valence-corrected chi connectivity index (χ2v) is 8.84. The lowest BCUT2D eigenvalue weighted by Gasteiger charge is -2.38. The highest BCUT2D eigenvalue weighted by Crippen LogP contribution is 2.57. The molecule has 0 radical (unpaired) electrons. The topological polar surface area (TPSA) is 92.7 Å². The van der Waals surface area contributed by atoms with E-state index in [-0.39, 0.29) is 29.6 Å². The van der Waals surface area contributed by atoms with Crippen LogP contribution in [0.25, 0.3) is 0 Å². The van der Waals surface area contributed by atoms with E-state index < -0.39 is 19.5 Å². The minimum atomic E-state index is -3.38. The van der Waals surface area contributed by atoms with Crippen LogP contribution in [-0.2, 0) is 32.6 Å². The molecule has 1 aliphatic heterocycles. The molecule has 0 spiro atoms. The number of nitrogens with zero attached hydrogens (tertiary/aromatic N) is 1. The van der Waals surface area contributed by atoms with Gasteiger partial charge in [-0.2, -0.15) is 0 Å². The summed E-state index contributed by atoms with van der Waals surface area (Å²) in [5.74, 6) is -1.65. The number of carbonyl (C=O) groups is 2. The number of aliphatic imine (C=N–C) groups is 1. The number of hydrogen-bond acceptors (Lipinski definition) is 8. The predicted octanol–water partition coefficient (Wildman–Crippen LogP) is 2.76. The van der Waals surface area contributed by atoms with Gasteiger partial charge in [0.25, 0.3) is 7.57 Å². The third kappa shape index (κ3) is 4.84. The molecule has 0 unspecified atom stereocenters. The Kier molecular flexibility index (Phi) is 6.95. The Balaban J connectivity index is 2.73. The molecule has 0 amide bonds. The Bertz CT molecular complexity index is 772. The number of benzene rings is 1. The van der Waals surface area contributed by atoms with Gasteiger partial charge in [-0.15, -0.1) is 0 Å². The van der Waals surface area contributed by atoms with E-state index in [0.717, 1.165) is 0 Å². The van der Waals surface area contributed by atoms with Gasteiger partial charge in [-0.3, -0.25) is 0 Å². The maximum atomic E-state index is 12.6. The van der Waals surface area contributed by atoms with Crippen molar-refractivity contribution in [3.8, 4) is 0 Å². The molecule has 2 rings (SSSR count). The molecule has 9 heteroatoms. The number of hydrogen-bond donors (Lipinski definition) is 0. The van der Waals surface area contributed by atoms with Crippen LogP contribution < -0.4 is 0 Å². The third-order valence-electron chi connectivity index (χ3n) is 3.74. The van der Waals surface area contributed by atoms with Gasteiger partial charge in [0.15, 0.2) is 11.0 Å². The van der Waals surface area contributed by atoms with Gasteiger partial charge in [-0.05, 0) is 12.1 Å². The van der Waals surface area contributed by atoms with Crippen molar-refractivity contribution < 1.29 is 32.6 Å². The Morgan fingerprint density at radius 3 is 2.04 bits per heavy atom. The Hall–Kier alpha value is -1.99. The molecule has 1 saturated heterocycles. The van der Waals surface area contributed by atoms with Gasteiger partial charge in [0.2, 0.25) is 0 Å². The Morgan fingerprint density at radius 2 is 1.56 bits per heavy atom. The summed E-state index contributed by atoms with van der Waals surface area (Å²) < 4.78 is 27.0. The number of para-hydroxylation sites is 1. The monoisotopic (exact) mass is 397 g/mol. The van der Waals surface area contributed by atoms with Gasteiger partial charge in [-0.25, -0.2) is 14.6 Å². The molecule has 1 heterocycles. The van der Waals surface area contributed by atoms with E-state index >= 15 is 0 Å². The van der Waals surface area contributed by atoms with E-state index in [1.54, 1.807) is 30.3 Å². The van der Waals surface area contributed by atoms with Crippen molar-refractivity contribution in [2.24, 2.45) is 10.4 Å². The van der Waals surface area contributed by atoms with Crippen LogP contribution in [0.15, 0.2) is 35.3 Å². The maximum absolute atomic E-state index is 12.6. The largest absolute Gasteiger partial charge is 0.465 e. The molecular formula is C18H24NO7P. The average Bonchev–Trinajstić information content (AvgIpc) is 2.68. The summed E-state index contributed by atoms with van der Waals surface area (Å²) in [6.45, 7) is 4.45. The minimum absolute atomic E-state index is 0.210. The number of ether oxygens (including phenoxy) is 2. The summed E-state index contributed by atoms with van der Waals surface area (Å²) in [7, 11) is 0.360. The lowest BCUT2D eigenvalue weighted by molar-refractivity contribution is -0.134. The molecule has 0 aromatic heterocycles. The van der Waals surface area contributed by atoms with E-state index in [1.807, 2.05) is 13.8 Å². The highest BCUT2D eigenvalue weighted by molar-refractivity contribution is 7.67. The fourth-order valence-corrected chi connectivity index (χ4v) is 4.76. The normalized spacial score (nSPS) is 18.5. The molecule has 0 N–H and O–H groups in total. The molecule has 0 atom stereocenters. The van der Waals surface area contributed by atoms with Gasteiger partial charge in [0.05, 0.1) is 33.1 Å². The summed E-state index contributed by atoms with van der Waals surface area (Å²) in [5, 5.41) is -0.210. The first-order valence-electron chi connectivity index (χ1n) is 8.20. The molecule has 0 aliphatic carbocycles. The van der Waals surface area contributed by atoms with Gasteiger partial charge >= 0.3 is 11.9 Å². The van der Waals surface area contributed by atoms with Crippen molar-refractivity contribution >= 4 is 36.2 Å². The van der Waals surface area contributed by atoms with E-state index in [9.17, 15) is 9.59 Å². The second-order valence-electron chi connectivity index (χ2n) is 6.52. The quantitative estimate of drug-likeness (QED) is 0.428. The first kappa shape index (κ1) is 21.3. The summed E-state index contributed by atoms with van der Waals surface area (Å²) >= 11 is 0. The highest BCUT2D eigenvalue weighted by atomic mass is 31.2. The highest BCUT2D eigenvalue weighted by Gasteiger charge is 2.43. The Labute approximate surface area is 158 Å². The molecule has 0 bridgehead atoms. The Morgan fingerprint density at radius 1 is 1.00 bits per heavy atom. The summed E-state index contributed by atoms with van der Waals surface area (Å²) in [6.07, 6.45) is 0. The fourth-order valence-electron chi connectivity index (χ4n) is 2.28. The average molecular weight is 397 g/mol. The number of esters is 2. The van der Waals surface area contributed by atoms with Crippen molar-refractivity contribution in [1.29, 1.82) is 0 Å². The van der Waals surface area contributed by atoms with Gasteiger partial charge < -0.3 is 23.0 Å². The molecule has 1 fully saturated rings. The molecule has 8 nitrogen and oxygen atoms in total. The zero-order valence-corrected chi connectivity index (χ0v) is 16.9. The zero-order chi connectivity index (χ0) is 20.1. The molecule has 1 aromatic carbocycles.